The molecule has 1 rings (SSSR count). The van der Waals surface area contributed by atoms with E-state index in [9.17, 15) is 5.11 Å². The quantitative estimate of drug-likeness (QED) is 0.591. The number of unbranched alkanes of at least 4 members (excludes halogenated alkanes) is 1. The molecule has 0 atom stereocenters. The van der Waals surface area contributed by atoms with Gasteiger partial charge in [0.05, 0.1) is 13.3 Å². The van der Waals surface area contributed by atoms with E-state index in [1.165, 1.54) is 32.4 Å². The van der Waals surface area contributed by atoms with E-state index in [1.54, 1.807) is 0 Å². The summed E-state index contributed by atoms with van der Waals surface area (Å²) in [5.74, 6) is 0. The van der Waals surface area contributed by atoms with E-state index < -0.39 is 0 Å². The monoisotopic (exact) mass is 186 g/mol. The molecule has 13 heavy (non-hydrogen) atoms. The molecule has 3 heteroatoms. The summed E-state index contributed by atoms with van der Waals surface area (Å²) in [6, 6.07) is 0. The molecule has 1 fully saturated rings. The van der Waals surface area contributed by atoms with Crippen LogP contribution in [-0.2, 0) is 9.84 Å². The average molecular weight is 186 g/mol. The van der Waals surface area contributed by atoms with Crippen molar-refractivity contribution >= 4 is 0 Å². The van der Waals surface area contributed by atoms with Crippen molar-refractivity contribution in [1.82, 2.24) is 4.90 Å². The standard InChI is InChI=1S/C10H20NO2/c12-8-4-5-9-13-10-11-6-2-1-3-7-11/h1-10H2. The smallest absolute Gasteiger partial charge is 0.0990 e. The van der Waals surface area contributed by atoms with Crippen LogP contribution in [0.5, 0.6) is 0 Å². The van der Waals surface area contributed by atoms with Gasteiger partial charge in [0.15, 0.2) is 0 Å². The van der Waals surface area contributed by atoms with Crippen molar-refractivity contribution in [2.75, 3.05) is 33.0 Å². The maximum absolute atomic E-state index is 10.1. The first-order chi connectivity index (χ1) is 6.43. The van der Waals surface area contributed by atoms with Gasteiger partial charge in [0, 0.05) is 19.7 Å². The van der Waals surface area contributed by atoms with Crippen LogP contribution >= 0.6 is 0 Å². The number of ether oxygens (including phenoxy) is 1. The zero-order valence-electron chi connectivity index (χ0n) is 8.33. The van der Waals surface area contributed by atoms with Crippen LogP contribution in [0.4, 0.5) is 0 Å². The third kappa shape index (κ3) is 5.24. The molecule has 0 saturated carbocycles. The Morgan fingerprint density at radius 2 is 1.85 bits per heavy atom. The fraction of sp³-hybridized carbons (Fsp3) is 1.00. The van der Waals surface area contributed by atoms with Crippen molar-refractivity contribution in [3.05, 3.63) is 0 Å². The zero-order chi connectivity index (χ0) is 9.36. The molecule has 1 saturated heterocycles. The third-order valence-electron chi connectivity index (χ3n) is 2.41. The van der Waals surface area contributed by atoms with Gasteiger partial charge in [0.2, 0.25) is 0 Å². The molecule has 0 bridgehead atoms. The van der Waals surface area contributed by atoms with Gasteiger partial charge in [0.25, 0.3) is 0 Å². The van der Waals surface area contributed by atoms with Gasteiger partial charge in [-0.15, -0.1) is 0 Å². The number of hydrogen-bond acceptors (Lipinski definition) is 2. The van der Waals surface area contributed by atoms with Gasteiger partial charge in [-0.2, -0.15) is 0 Å². The van der Waals surface area contributed by atoms with Gasteiger partial charge >= 0.3 is 0 Å². The van der Waals surface area contributed by atoms with Gasteiger partial charge in [-0.05, 0) is 25.7 Å². The molecule has 0 spiro atoms. The van der Waals surface area contributed by atoms with Crippen LogP contribution in [0.2, 0.25) is 0 Å². The van der Waals surface area contributed by atoms with E-state index in [0.29, 0.717) is 0 Å². The Kier molecular flexibility index (Phi) is 6.15. The summed E-state index contributed by atoms with van der Waals surface area (Å²) in [5.41, 5.74) is 0. The highest BCUT2D eigenvalue weighted by Crippen LogP contribution is 2.07. The van der Waals surface area contributed by atoms with Gasteiger partial charge in [-0.3, -0.25) is 4.90 Å². The van der Waals surface area contributed by atoms with Crippen molar-refractivity contribution in [2.24, 2.45) is 0 Å². The number of rotatable bonds is 6. The van der Waals surface area contributed by atoms with Crippen molar-refractivity contribution in [3.63, 3.8) is 0 Å². The molecule has 1 aliphatic heterocycles. The molecule has 3 nitrogen and oxygen atoms in total. The SMILES string of the molecule is [O]CCCCOCN1CCCCC1. The summed E-state index contributed by atoms with van der Waals surface area (Å²) in [7, 11) is 0. The van der Waals surface area contributed by atoms with Crippen molar-refractivity contribution in [1.29, 1.82) is 0 Å². The third-order valence-corrected chi connectivity index (χ3v) is 2.41. The molecule has 1 radical (unpaired) electrons. The Morgan fingerprint density at radius 3 is 2.54 bits per heavy atom. The second-order valence-electron chi connectivity index (χ2n) is 3.63. The Morgan fingerprint density at radius 1 is 1.08 bits per heavy atom. The number of hydrogen-bond donors (Lipinski definition) is 0. The molecule has 0 N–H and O–H groups in total. The van der Waals surface area contributed by atoms with Gasteiger partial charge in [-0.25, -0.2) is 5.11 Å². The maximum Gasteiger partial charge on any atom is 0.0990 e. The number of nitrogens with zero attached hydrogens (tertiary/aromatic N) is 1. The predicted molar refractivity (Wildman–Crippen MR) is 51.0 cm³/mol. The van der Waals surface area contributed by atoms with Crippen LogP contribution in [0.1, 0.15) is 32.1 Å². The van der Waals surface area contributed by atoms with E-state index in [2.05, 4.69) is 4.90 Å². The van der Waals surface area contributed by atoms with Gasteiger partial charge in [-0.1, -0.05) is 6.42 Å². The normalized spacial score (nSPS) is 19.2. The van der Waals surface area contributed by atoms with Crippen LogP contribution < -0.4 is 0 Å². The van der Waals surface area contributed by atoms with Gasteiger partial charge in [0.1, 0.15) is 0 Å². The summed E-state index contributed by atoms with van der Waals surface area (Å²) >= 11 is 0. The fourth-order valence-electron chi connectivity index (χ4n) is 1.59. The molecular formula is C10H20NO2. The minimum Gasteiger partial charge on any atom is -0.366 e. The highest BCUT2D eigenvalue weighted by Gasteiger charge is 2.08. The topological polar surface area (TPSA) is 32.4 Å². The number of likely N-dealkylation sites (tertiary alicyclic amines) is 1. The Bertz CT molecular complexity index is 113. The molecular weight excluding hydrogens is 166 g/mol. The van der Waals surface area contributed by atoms with Crippen LogP contribution in [0.15, 0.2) is 0 Å². The second kappa shape index (κ2) is 7.30. The van der Waals surface area contributed by atoms with E-state index in [1.807, 2.05) is 0 Å². The Hall–Kier alpha value is -0.120. The van der Waals surface area contributed by atoms with Crippen molar-refractivity contribution < 1.29 is 9.84 Å². The predicted octanol–water partition coefficient (Wildman–Crippen LogP) is 1.66. The highest BCUT2D eigenvalue weighted by molar-refractivity contribution is 4.60. The van der Waals surface area contributed by atoms with Crippen molar-refractivity contribution in [2.45, 2.75) is 32.1 Å². The lowest BCUT2D eigenvalue weighted by atomic mass is 10.1. The first-order valence-electron chi connectivity index (χ1n) is 5.31. The summed E-state index contributed by atoms with van der Waals surface area (Å²) in [6.07, 6.45) is 5.65. The first-order valence-corrected chi connectivity index (χ1v) is 5.31. The molecule has 0 unspecified atom stereocenters. The Labute approximate surface area is 80.7 Å². The van der Waals surface area contributed by atoms with E-state index in [0.717, 1.165) is 26.2 Å². The summed E-state index contributed by atoms with van der Waals surface area (Å²) < 4.78 is 5.46. The van der Waals surface area contributed by atoms with Crippen LogP contribution in [0, 0.1) is 0 Å². The van der Waals surface area contributed by atoms with Crippen LogP contribution in [0.3, 0.4) is 0 Å². The van der Waals surface area contributed by atoms with Crippen LogP contribution in [0.25, 0.3) is 0 Å². The molecule has 0 aromatic rings. The molecule has 0 aliphatic carbocycles. The number of piperidine rings is 1. The molecule has 1 aliphatic rings. The minimum absolute atomic E-state index is 0.0348. The molecule has 77 valence electrons. The minimum atomic E-state index is 0.0348. The largest absolute Gasteiger partial charge is 0.366 e. The van der Waals surface area contributed by atoms with Crippen LogP contribution in [-0.4, -0.2) is 37.9 Å². The average Bonchev–Trinajstić information content (AvgIpc) is 2.19. The van der Waals surface area contributed by atoms with Gasteiger partial charge < -0.3 is 4.74 Å². The summed E-state index contributed by atoms with van der Waals surface area (Å²) in [5, 5.41) is 10.1. The van der Waals surface area contributed by atoms with E-state index in [-0.39, 0.29) is 6.61 Å². The second-order valence-corrected chi connectivity index (χ2v) is 3.63. The molecule has 0 amide bonds. The summed E-state index contributed by atoms with van der Waals surface area (Å²) in [4.78, 5) is 2.35. The first kappa shape index (κ1) is 11.0. The zero-order valence-corrected chi connectivity index (χ0v) is 8.33. The lowest BCUT2D eigenvalue weighted by Gasteiger charge is -2.25. The fourth-order valence-corrected chi connectivity index (χ4v) is 1.59. The lowest BCUT2D eigenvalue weighted by molar-refractivity contribution is 0.0154. The van der Waals surface area contributed by atoms with Crippen molar-refractivity contribution in [3.8, 4) is 0 Å². The molecule has 1 heterocycles. The van der Waals surface area contributed by atoms with E-state index >= 15 is 0 Å². The highest BCUT2D eigenvalue weighted by atomic mass is 16.5. The van der Waals surface area contributed by atoms with E-state index in [4.69, 9.17) is 4.74 Å². The maximum atomic E-state index is 10.1. The Balaban J connectivity index is 1.86. The molecule has 0 aromatic carbocycles. The lowest BCUT2D eigenvalue weighted by Crippen LogP contribution is -2.31. The molecule has 0 aromatic heterocycles. The summed E-state index contributed by atoms with van der Waals surface area (Å²) in [6.45, 7) is 3.91.